The van der Waals surface area contributed by atoms with Gasteiger partial charge in [-0.05, 0) is 35.0 Å². The van der Waals surface area contributed by atoms with Crippen LogP contribution in [0, 0.1) is 20.2 Å². The standard InChI is InChI=1S/C18H13N3O7S/c1-28-15-7-4-12(8-14(15)21(26)27)9-16-17(22)19(18(23)29-16)10-11-2-5-13(6-3-11)20(24)25/h2-9H,10H2,1H3/b16-9-. The summed E-state index contributed by atoms with van der Waals surface area (Å²) in [5, 5.41) is 21.3. The van der Waals surface area contributed by atoms with E-state index in [0.29, 0.717) is 11.1 Å². The van der Waals surface area contributed by atoms with E-state index >= 15 is 0 Å². The lowest BCUT2D eigenvalue weighted by molar-refractivity contribution is -0.385. The van der Waals surface area contributed by atoms with E-state index in [1.165, 1.54) is 55.7 Å². The fraction of sp³-hybridized carbons (Fsp3) is 0.111. The number of thioether (sulfide) groups is 1. The Hall–Kier alpha value is -3.73. The van der Waals surface area contributed by atoms with E-state index in [2.05, 4.69) is 0 Å². The van der Waals surface area contributed by atoms with Crippen molar-refractivity contribution < 1.29 is 24.2 Å². The Morgan fingerprint density at radius 3 is 2.34 bits per heavy atom. The third kappa shape index (κ3) is 4.24. The highest BCUT2D eigenvalue weighted by Crippen LogP contribution is 2.35. The minimum atomic E-state index is -0.601. The van der Waals surface area contributed by atoms with Crippen molar-refractivity contribution in [1.29, 1.82) is 0 Å². The van der Waals surface area contributed by atoms with Crippen LogP contribution in [0.5, 0.6) is 5.75 Å². The molecule has 1 aliphatic heterocycles. The van der Waals surface area contributed by atoms with Gasteiger partial charge in [0.1, 0.15) is 0 Å². The quantitative estimate of drug-likeness (QED) is 0.396. The number of nitrogens with zero attached hydrogens (tertiary/aromatic N) is 3. The highest BCUT2D eigenvalue weighted by atomic mass is 32.2. The number of nitro benzene ring substituents is 2. The number of carbonyl (C=O) groups is 2. The smallest absolute Gasteiger partial charge is 0.311 e. The van der Waals surface area contributed by atoms with Gasteiger partial charge in [-0.3, -0.25) is 34.7 Å². The van der Waals surface area contributed by atoms with Crippen molar-refractivity contribution in [1.82, 2.24) is 4.90 Å². The molecule has 1 aliphatic rings. The largest absolute Gasteiger partial charge is 0.490 e. The molecule has 0 N–H and O–H groups in total. The van der Waals surface area contributed by atoms with Gasteiger partial charge < -0.3 is 4.74 Å². The van der Waals surface area contributed by atoms with Crippen LogP contribution in [-0.2, 0) is 11.3 Å². The van der Waals surface area contributed by atoms with Gasteiger partial charge in [-0.1, -0.05) is 18.2 Å². The maximum absolute atomic E-state index is 12.6. The van der Waals surface area contributed by atoms with E-state index < -0.39 is 21.0 Å². The van der Waals surface area contributed by atoms with E-state index in [1.54, 1.807) is 0 Å². The topological polar surface area (TPSA) is 133 Å². The number of carbonyl (C=O) groups excluding carboxylic acids is 2. The van der Waals surface area contributed by atoms with Gasteiger partial charge in [0.05, 0.1) is 28.4 Å². The second-order valence-corrected chi connectivity index (χ2v) is 6.87. The average molecular weight is 415 g/mol. The molecule has 148 valence electrons. The fourth-order valence-corrected chi connectivity index (χ4v) is 3.47. The summed E-state index contributed by atoms with van der Waals surface area (Å²) in [6, 6.07) is 9.72. The molecule has 0 radical (unpaired) electrons. The van der Waals surface area contributed by atoms with Gasteiger partial charge in [-0.2, -0.15) is 0 Å². The first-order valence-electron chi connectivity index (χ1n) is 8.11. The Balaban J connectivity index is 1.82. The van der Waals surface area contributed by atoms with E-state index in [1.807, 2.05) is 0 Å². The highest BCUT2D eigenvalue weighted by Gasteiger charge is 2.35. The summed E-state index contributed by atoms with van der Waals surface area (Å²) in [6.07, 6.45) is 1.40. The van der Waals surface area contributed by atoms with Crippen LogP contribution in [0.25, 0.3) is 6.08 Å². The van der Waals surface area contributed by atoms with Gasteiger partial charge >= 0.3 is 5.69 Å². The minimum absolute atomic E-state index is 0.0389. The number of imide groups is 1. The zero-order valence-electron chi connectivity index (χ0n) is 14.9. The average Bonchev–Trinajstić information content (AvgIpc) is 2.95. The molecule has 0 unspecified atom stereocenters. The van der Waals surface area contributed by atoms with Crippen LogP contribution in [0.3, 0.4) is 0 Å². The molecule has 2 aromatic rings. The molecule has 3 rings (SSSR count). The van der Waals surface area contributed by atoms with Crippen molar-refractivity contribution in [3.8, 4) is 5.75 Å². The summed E-state index contributed by atoms with van der Waals surface area (Å²) in [4.78, 5) is 46.7. The summed E-state index contributed by atoms with van der Waals surface area (Å²) >= 11 is 0.717. The molecule has 1 saturated heterocycles. The summed E-state index contributed by atoms with van der Waals surface area (Å²) in [6.45, 7) is -0.0389. The van der Waals surface area contributed by atoms with Crippen LogP contribution in [0.4, 0.5) is 16.2 Å². The molecule has 11 heteroatoms. The monoisotopic (exact) mass is 415 g/mol. The lowest BCUT2D eigenvalue weighted by atomic mass is 10.1. The van der Waals surface area contributed by atoms with Gasteiger partial charge in [0.25, 0.3) is 16.8 Å². The van der Waals surface area contributed by atoms with Crippen molar-refractivity contribution in [3.05, 3.63) is 78.7 Å². The summed E-state index contributed by atoms with van der Waals surface area (Å²) in [5.41, 5.74) is 0.577. The zero-order valence-corrected chi connectivity index (χ0v) is 15.8. The number of non-ortho nitro benzene ring substituents is 1. The lowest BCUT2D eigenvalue weighted by Crippen LogP contribution is -2.27. The first kappa shape index (κ1) is 20.0. The van der Waals surface area contributed by atoms with Gasteiger partial charge in [0.15, 0.2) is 5.75 Å². The van der Waals surface area contributed by atoms with E-state index in [9.17, 15) is 29.8 Å². The molecule has 0 aromatic heterocycles. The molecular formula is C18H13N3O7S. The fourth-order valence-electron chi connectivity index (χ4n) is 2.63. The van der Waals surface area contributed by atoms with Crippen molar-refractivity contribution in [2.24, 2.45) is 0 Å². The van der Waals surface area contributed by atoms with Crippen molar-refractivity contribution >= 4 is 40.4 Å². The molecule has 0 saturated carbocycles. The Morgan fingerprint density at radius 2 is 1.76 bits per heavy atom. The van der Waals surface area contributed by atoms with Crippen LogP contribution in [0.2, 0.25) is 0 Å². The minimum Gasteiger partial charge on any atom is -0.490 e. The predicted molar refractivity (Wildman–Crippen MR) is 104 cm³/mol. The molecular weight excluding hydrogens is 402 g/mol. The summed E-state index contributed by atoms with van der Waals surface area (Å²) in [5.74, 6) is -0.463. The third-order valence-corrected chi connectivity index (χ3v) is 4.97. The number of nitro groups is 2. The molecule has 2 amide bonds. The molecule has 1 heterocycles. The molecule has 29 heavy (non-hydrogen) atoms. The second-order valence-electron chi connectivity index (χ2n) is 5.88. The number of ether oxygens (including phenoxy) is 1. The SMILES string of the molecule is COc1ccc(/C=C2\SC(=O)N(Cc3ccc([N+](=O)[O-])cc3)C2=O)cc1[N+](=O)[O-]. The normalized spacial score (nSPS) is 15.1. The Kier molecular flexibility index (Phi) is 5.59. The van der Waals surface area contributed by atoms with Crippen LogP contribution < -0.4 is 4.74 Å². The van der Waals surface area contributed by atoms with Gasteiger partial charge in [-0.15, -0.1) is 0 Å². The van der Waals surface area contributed by atoms with Crippen LogP contribution in [0.15, 0.2) is 47.4 Å². The van der Waals surface area contributed by atoms with Crippen molar-refractivity contribution in [2.75, 3.05) is 7.11 Å². The number of hydrogen-bond acceptors (Lipinski definition) is 8. The summed E-state index contributed by atoms with van der Waals surface area (Å²) in [7, 11) is 1.31. The molecule has 2 aromatic carbocycles. The maximum atomic E-state index is 12.6. The maximum Gasteiger partial charge on any atom is 0.311 e. The van der Waals surface area contributed by atoms with Gasteiger partial charge in [0, 0.05) is 18.2 Å². The molecule has 0 bridgehead atoms. The number of amides is 2. The Bertz CT molecular complexity index is 1050. The molecule has 0 atom stereocenters. The van der Waals surface area contributed by atoms with E-state index in [-0.39, 0.29) is 28.6 Å². The highest BCUT2D eigenvalue weighted by molar-refractivity contribution is 8.18. The van der Waals surface area contributed by atoms with Crippen LogP contribution in [-0.4, -0.2) is 33.0 Å². The van der Waals surface area contributed by atoms with Crippen LogP contribution in [0.1, 0.15) is 11.1 Å². The first-order chi connectivity index (χ1) is 13.8. The van der Waals surface area contributed by atoms with Crippen LogP contribution >= 0.6 is 11.8 Å². The third-order valence-electron chi connectivity index (χ3n) is 4.06. The lowest BCUT2D eigenvalue weighted by Gasteiger charge is -2.12. The van der Waals surface area contributed by atoms with Crippen molar-refractivity contribution in [2.45, 2.75) is 6.54 Å². The number of hydrogen-bond donors (Lipinski definition) is 0. The molecule has 0 spiro atoms. The summed E-state index contributed by atoms with van der Waals surface area (Å²) < 4.78 is 4.94. The zero-order chi connectivity index (χ0) is 21.1. The van der Waals surface area contributed by atoms with E-state index in [0.717, 1.165) is 16.7 Å². The first-order valence-corrected chi connectivity index (χ1v) is 8.93. The molecule has 0 aliphatic carbocycles. The molecule has 1 fully saturated rings. The van der Waals surface area contributed by atoms with Gasteiger partial charge in [0.2, 0.25) is 0 Å². The second kappa shape index (κ2) is 8.10. The number of rotatable bonds is 6. The van der Waals surface area contributed by atoms with Crippen molar-refractivity contribution in [3.63, 3.8) is 0 Å². The predicted octanol–water partition coefficient (Wildman–Crippen LogP) is 3.75. The Morgan fingerprint density at radius 1 is 1.07 bits per heavy atom. The molecule has 10 nitrogen and oxygen atoms in total. The Labute approximate surface area is 168 Å². The number of benzene rings is 2. The number of methoxy groups -OCH3 is 1. The van der Waals surface area contributed by atoms with E-state index in [4.69, 9.17) is 4.74 Å². The van der Waals surface area contributed by atoms with Gasteiger partial charge in [-0.25, -0.2) is 0 Å².